The van der Waals surface area contributed by atoms with Crippen molar-refractivity contribution in [3.05, 3.63) is 81.9 Å². The van der Waals surface area contributed by atoms with Crippen molar-refractivity contribution in [1.82, 2.24) is 9.80 Å². The van der Waals surface area contributed by atoms with Gasteiger partial charge in [0.25, 0.3) is 5.91 Å². The van der Waals surface area contributed by atoms with Crippen molar-refractivity contribution in [2.45, 2.75) is 32.4 Å². The van der Waals surface area contributed by atoms with E-state index in [-0.39, 0.29) is 36.2 Å². The molecular formula is C23H24N2O3S. The lowest BCUT2D eigenvalue weighted by atomic mass is 9.93. The maximum absolute atomic E-state index is 13.4. The number of fused-ring (bicyclic) bond motifs is 1. The molecule has 0 unspecified atom stereocenters. The number of carbonyl (C=O) groups is 2. The first-order chi connectivity index (χ1) is 14.1. The average Bonchev–Trinajstić information content (AvgIpc) is 3.42. The Hall–Kier alpha value is -2.86. The lowest BCUT2D eigenvalue weighted by Gasteiger charge is -2.38. The Bertz CT molecular complexity index is 979. The first-order valence-electron chi connectivity index (χ1n) is 9.81. The fraction of sp³-hybridized carbons (Fsp3) is 0.304. The zero-order chi connectivity index (χ0) is 20.4. The lowest BCUT2D eigenvalue weighted by molar-refractivity contribution is -0.134. The zero-order valence-corrected chi connectivity index (χ0v) is 17.4. The van der Waals surface area contributed by atoms with Crippen molar-refractivity contribution in [1.29, 1.82) is 0 Å². The molecule has 150 valence electrons. The van der Waals surface area contributed by atoms with Crippen molar-refractivity contribution in [3.8, 4) is 0 Å². The van der Waals surface area contributed by atoms with E-state index >= 15 is 0 Å². The maximum atomic E-state index is 13.4. The summed E-state index contributed by atoms with van der Waals surface area (Å²) in [4.78, 5) is 31.1. The van der Waals surface area contributed by atoms with Gasteiger partial charge in [0.2, 0.25) is 5.91 Å². The summed E-state index contributed by atoms with van der Waals surface area (Å²) in [6.07, 6.45) is 2.32. The number of benzene rings is 1. The number of nitrogens with zero attached hydrogens (tertiary/aromatic N) is 2. The minimum absolute atomic E-state index is 0.0278. The van der Waals surface area contributed by atoms with Crippen LogP contribution in [-0.2, 0) is 11.2 Å². The second-order valence-corrected chi connectivity index (χ2v) is 8.45. The van der Waals surface area contributed by atoms with E-state index in [9.17, 15) is 9.59 Å². The van der Waals surface area contributed by atoms with Gasteiger partial charge in [0.15, 0.2) is 5.76 Å². The summed E-state index contributed by atoms with van der Waals surface area (Å²) in [7, 11) is 0. The van der Waals surface area contributed by atoms with E-state index in [2.05, 4.69) is 23.6 Å². The summed E-state index contributed by atoms with van der Waals surface area (Å²) in [5.74, 6) is -0.0583. The van der Waals surface area contributed by atoms with Gasteiger partial charge in [-0.25, -0.2) is 0 Å². The minimum atomic E-state index is -0.261. The molecule has 1 aromatic carbocycles. The molecule has 0 radical (unpaired) electrons. The van der Waals surface area contributed by atoms with Crippen molar-refractivity contribution in [3.63, 3.8) is 0 Å². The van der Waals surface area contributed by atoms with Crippen LogP contribution in [0, 0.1) is 0 Å². The highest BCUT2D eigenvalue weighted by molar-refractivity contribution is 7.10. The van der Waals surface area contributed by atoms with E-state index in [1.54, 1.807) is 28.4 Å². The predicted molar refractivity (Wildman–Crippen MR) is 113 cm³/mol. The van der Waals surface area contributed by atoms with E-state index in [0.29, 0.717) is 6.54 Å². The Morgan fingerprint density at radius 3 is 2.66 bits per heavy atom. The van der Waals surface area contributed by atoms with E-state index in [1.807, 2.05) is 36.9 Å². The van der Waals surface area contributed by atoms with Crippen LogP contribution in [0.5, 0.6) is 0 Å². The van der Waals surface area contributed by atoms with E-state index in [4.69, 9.17) is 4.42 Å². The second-order valence-electron chi connectivity index (χ2n) is 7.45. The van der Waals surface area contributed by atoms with Crippen molar-refractivity contribution in [2.75, 3.05) is 13.1 Å². The van der Waals surface area contributed by atoms with Crippen LogP contribution in [0.2, 0.25) is 0 Å². The van der Waals surface area contributed by atoms with Gasteiger partial charge in [-0.15, -0.1) is 11.3 Å². The largest absolute Gasteiger partial charge is 0.459 e. The Morgan fingerprint density at radius 2 is 1.97 bits per heavy atom. The molecular weight excluding hydrogens is 384 g/mol. The number of rotatable bonds is 5. The molecule has 0 aliphatic carbocycles. The molecule has 2 aromatic heterocycles. The van der Waals surface area contributed by atoms with Gasteiger partial charge in [-0.1, -0.05) is 30.3 Å². The molecule has 6 heteroatoms. The Labute approximate surface area is 174 Å². The van der Waals surface area contributed by atoms with Gasteiger partial charge >= 0.3 is 0 Å². The molecule has 0 bridgehead atoms. The third kappa shape index (κ3) is 3.85. The summed E-state index contributed by atoms with van der Waals surface area (Å²) in [6.45, 7) is 4.50. The third-order valence-electron chi connectivity index (χ3n) is 5.32. The number of carbonyl (C=O) groups excluding carboxylic acids is 2. The number of thiophene rings is 1. The fourth-order valence-electron chi connectivity index (χ4n) is 3.85. The molecule has 1 aliphatic rings. The highest BCUT2D eigenvalue weighted by atomic mass is 32.1. The van der Waals surface area contributed by atoms with Crippen molar-refractivity contribution >= 4 is 23.2 Å². The van der Waals surface area contributed by atoms with Gasteiger partial charge in [0, 0.05) is 17.5 Å². The molecule has 0 saturated heterocycles. The van der Waals surface area contributed by atoms with Crippen LogP contribution in [0.25, 0.3) is 0 Å². The van der Waals surface area contributed by atoms with Crippen molar-refractivity contribution in [2.24, 2.45) is 0 Å². The second kappa shape index (κ2) is 8.25. The zero-order valence-electron chi connectivity index (χ0n) is 16.6. The van der Waals surface area contributed by atoms with Crippen LogP contribution in [-0.4, -0.2) is 40.7 Å². The lowest BCUT2D eigenvalue weighted by Crippen LogP contribution is -2.48. The first kappa shape index (κ1) is 19.5. The summed E-state index contributed by atoms with van der Waals surface area (Å²) >= 11 is 1.74. The van der Waals surface area contributed by atoms with Gasteiger partial charge in [-0.2, -0.15) is 0 Å². The fourth-order valence-corrected chi connectivity index (χ4v) is 4.75. The topological polar surface area (TPSA) is 53.8 Å². The van der Waals surface area contributed by atoms with Gasteiger partial charge in [-0.05, 0) is 55.0 Å². The Morgan fingerprint density at radius 1 is 1.17 bits per heavy atom. The van der Waals surface area contributed by atoms with Gasteiger partial charge in [0.05, 0.1) is 12.3 Å². The molecule has 3 aromatic rings. The van der Waals surface area contributed by atoms with Gasteiger partial charge in [0.1, 0.15) is 6.54 Å². The third-order valence-corrected chi connectivity index (χ3v) is 6.32. The summed E-state index contributed by atoms with van der Waals surface area (Å²) in [6, 6.07) is 15.3. The average molecular weight is 409 g/mol. The first-order valence-corrected chi connectivity index (χ1v) is 10.7. The van der Waals surface area contributed by atoms with E-state index < -0.39 is 0 Å². The number of hydrogen-bond acceptors (Lipinski definition) is 4. The molecule has 4 rings (SSSR count). The summed E-state index contributed by atoms with van der Waals surface area (Å²) < 4.78 is 5.27. The highest BCUT2D eigenvalue weighted by Crippen LogP contribution is 2.37. The summed E-state index contributed by atoms with van der Waals surface area (Å²) in [5, 5.41) is 2.09. The Kier molecular flexibility index (Phi) is 5.53. The molecule has 0 saturated carbocycles. The van der Waals surface area contributed by atoms with Crippen LogP contribution < -0.4 is 0 Å². The van der Waals surface area contributed by atoms with Crippen LogP contribution in [0.15, 0.2) is 64.6 Å². The minimum Gasteiger partial charge on any atom is -0.459 e. The quantitative estimate of drug-likeness (QED) is 0.630. The summed E-state index contributed by atoms with van der Waals surface area (Å²) in [5.41, 5.74) is 2.28. The monoisotopic (exact) mass is 408 g/mol. The molecule has 0 N–H and O–H groups in total. The number of furan rings is 1. The standard InChI is InChI=1S/C23H24N2O3S/c1-16(2)25(23(27)19-9-6-13-28-19)15-21(26)24-12-10-20-18(11-14-29-20)22(24)17-7-4-3-5-8-17/h3-9,11,13-14,16,22H,10,12,15H2,1-2H3/t22-/m0/s1. The van der Waals surface area contributed by atoms with Gasteiger partial charge < -0.3 is 14.2 Å². The highest BCUT2D eigenvalue weighted by Gasteiger charge is 2.34. The van der Waals surface area contributed by atoms with Crippen molar-refractivity contribution < 1.29 is 14.0 Å². The number of amides is 2. The Balaban J connectivity index is 1.62. The van der Waals surface area contributed by atoms with Crippen LogP contribution >= 0.6 is 11.3 Å². The van der Waals surface area contributed by atoms with E-state index in [1.165, 1.54) is 16.7 Å². The SMILES string of the molecule is CC(C)N(CC(=O)N1CCc2sccc2[C@@H]1c1ccccc1)C(=O)c1ccco1. The van der Waals surface area contributed by atoms with Crippen LogP contribution in [0.4, 0.5) is 0 Å². The van der Waals surface area contributed by atoms with E-state index in [0.717, 1.165) is 12.0 Å². The molecule has 1 aliphatic heterocycles. The van der Waals surface area contributed by atoms with Gasteiger partial charge in [-0.3, -0.25) is 9.59 Å². The molecule has 0 spiro atoms. The molecule has 1 atom stereocenters. The number of hydrogen-bond donors (Lipinski definition) is 0. The maximum Gasteiger partial charge on any atom is 0.290 e. The normalized spacial score (nSPS) is 16.0. The predicted octanol–water partition coefficient (Wildman–Crippen LogP) is 4.37. The smallest absolute Gasteiger partial charge is 0.290 e. The molecule has 29 heavy (non-hydrogen) atoms. The molecule has 0 fully saturated rings. The van der Waals surface area contributed by atoms with Crippen LogP contribution in [0.1, 0.15) is 46.4 Å². The molecule has 3 heterocycles. The molecule has 5 nitrogen and oxygen atoms in total. The molecule has 2 amide bonds. The van der Waals surface area contributed by atoms with Crippen LogP contribution in [0.3, 0.4) is 0 Å².